The Morgan fingerprint density at radius 1 is 1.26 bits per heavy atom. The van der Waals surface area contributed by atoms with Crippen LogP contribution in [0.15, 0.2) is 18.2 Å². The molecule has 106 valence electrons. The van der Waals surface area contributed by atoms with E-state index in [2.05, 4.69) is 35.8 Å². The van der Waals surface area contributed by atoms with Crippen LogP contribution in [0.5, 0.6) is 0 Å². The summed E-state index contributed by atoms with van der Waals surface area (Å²) in [5.74, 6) is 0. The van der Waals surface area contributed by atoms with Crippen LogP contribution >= 0.6 is 0 Å². The highest BCUT2D eigenvalue weighted by molar-refractivity contribution is 5.35. The Labute approximate surface area is 116 Å². The second kappa shape index (κ2) is 7.63. The Morgan fingerprint density at radius 3 is 2.95 bits per heavy atom. The number of aryl methyl sites for hydroxylation is 2. The van der Waals surface area contributed by atoms with E-state index >= 15 is 0 Å². The minimum atomic E-state index is 0.477. The van der Waals surface area contributed by atoms with Crippen LogP contribution in [0.4, 0.5) is 0 Å². The Kier molecular flexibility index (Phi) is 5.83. The van der Waals surface area contributed by atoms with Gasteiger partial charge in [0.2, 0.25) is 0 Å². The molecule has 19 heavy (non-hydrogen) atoms. The Balaban J connectivity index is 1.70. The molecule has 1 unspecified atom stereocenters. The number of hydrogen-bond donors (Lipinski definition) is 2. The molecule has 0 aromatic heterocycles. The standard InChI is InChI=1S/C16H26N2O/c1-13(11-17-8-9-19-2)18-12-14-6-7-15-4-3-5-16(15)10-14/h6-7,10,13,17-18H,3-5,8-9,11-12H2,1-2H3. The van der Waals surface area contributed by atoms with Crippen LogP contribution < -0.4 is 10.6 Å². The molecule has 1 aliphatic rings. The van der Waals surface area contributed by atoms with Crippen molar-refractivity contribution in [1.29, 1.82) is 0 Å². The summed E-state index contributed by atoms with van der Waals surface area (Å²) in [6, 6.07) is 7.42. The summed E-state index contributed by atoms with van der Waals surface area (Å²) in [6.07, 6.45) is 3.85. The van der Waals surface area contributed by atoms with Crippen molar-refractivity contribution in [2.24, 2.45) is 0 Å². The number of methoxy groups -OCH3 is 1. The Bertz CT molecular complexity index is 392. The molecular formula is C16H26N2O. The Morgan fingerprint density at radius 2 is 2.11 bits per heavy atom. The van der Waals surface area contributed by atoms with E-state index in [1.165, 1.54) is 24.8 Å². The first-order chi connectivity index (χ1) is 9.29. The first-order valence-corrected chi connectivity index (χ1v) is 7.33. The fourth-order valence-corrected chi connectivity index (χ4v) is 2.59. The van der Waals surface area contributed by atoms with Crippen molar-refractivity contribution in [3.8, 4) is 0 Å². The first-order valence-electron chi connectivity index (χ1n) is 7.33. The van der Waals surface area contributed by atoms with Gasteiger partial charge in [-0.1, -0.05) is 18.2 Å². The van der Waals surface area contributed by atoms with Crippen LogP contribution in [0, 0.1) is 0 Å². The molecule has 1 atom stereocenters. The molecule has 2 rings (SSSR count). The summed E-state index contributed by atoms with van der Waals surface area (Å²) in [4.78, 5) is 0. The van der Waals surface area contributed by atoms with Gasteiger partial charge < -0.3 is 15.4 Å². The van der Waals surface area contributed by atoms with E-state index in [9.17, 15) is 0 Å². The maximum absolute atomic E-state index is 5.01. The SMILES string of the molecule is COCCNCC(C)NCc1ccc2c(c1)CCC2. The summed E-state index contributed by atoms with van der Waals surface area (Å²) in [5, 5.41) is 6.94. The van der Waals surface area contributed by atoms with Crippen LogP contribution in [0.25, 0.3) is 0 Å². The van der Waals surface area contributed by atoms with E-state index in [1.807, 2.05) is 0 Å². The summed E-state index contributed by atoms with van der Waals surface area (Å²) in [5.41, 5.74) is 4.52. The van der Waals surface area contributed by atoms with Gasteiger partial charge in [0.15, 0.2) is 0 Å². The van der Waals surface area contributed by atoms with Crippen LogP contribution in [0.1, 0.15) is 30.0 Å². The normalized spacial score (nSPS) is 15.5. The highest BCUT2D eigenvalue weighted by Gasteiger charge is 2.10. The monoisotopic (exact) mass is 262 g/mol. The van der Waals surface area contributed by atoms with Gasteiger partial charge in [-0.05, 0) is 42.9 Å². The van der Waals surface area contributed by atoms with Crippen LogP contribution in [0.3, 0.4) is 0 Å². The molecule has 0 heterocycles. The lowest BCUT2D eigenvalue weighted by Crippen LogP contribution is -2.37. The van der Waals surface area contributed by atoms with Crippen LogP contribution in [-0.4, -0.2) is 32.8 Å². The molecule has 0 saturated carbocycles. The van der Waals surface area contributed by atoms with Gasteiger partial charge in [0.25, 0.3) is 0 Å². The number of ether oxygens (including phenoxy) is 1. The van der Waals surface area contributed by atoms with E-state index in [0.29, 0.717) is 6.04 Å². The molecule has 1 aromatic carbocycles. The van der Waals surface area contributed by atoms with Crippen molar-refractivity contribution < 1.29 is 4.74 Å². The molecule has 0 bridgehead atoms. The van der Waals surface area contributed by atoms with Crippen molar-refractivity contribution in [2.45, 2.75) is 38.8 Å². The molecule has 2 N–H and O–H groups in total. The highest BCUT2D eigenvalue weighted by Crippen LogP contribution is 2.22. The molecule has 0 fully saturated rings. The average molecular weight is 262 g/mol. The highest BCUT2D eigenvalue weighted by atomic mass is 16.5. The molecule has 0 aliphatic heterocycles. The van der Waals surface area contributed by atoms with Crippen molar-refractivity contribution in [1.82, 2.24) is 10.6 Å². The minimum Gasteiger partial charge on any atom is -0.383 e. The van der Waals surface area contributed by atoms with E-state index in [-0.39, 0.29) is 0 Å². The van der Waals surface area contributed by atoms with E-state index in [0.717, 1.165) is 26.2 Å². The fourth-order valence-electron chi connectivity index (χ4n) is 2.59. The predicted molar refractivity (Wildman–Crippen MR) is 79.5 cm³/mol. The van der Waals surface area contributed by atoms with Gasteiger partial charge >= 0.3 is 0 Å². The zero-order valence-electron chi connectivity index (χ0n) is 12.2. The van der Waals surface area contributed by atoms with Gasteiger partial charge in [0.1, 0.15) is 0 Å². The lowest BCUT2D eigenvalue weighted by Gasteiger charge is -2.15. The van der Waals surface area contributed by atoms with Gasteiger partial charge in [-0.15, -0.1) is 0 Å². The maximum atomic E-state index is 5.01. The number of rotatable bonds is 8. The van der Waals surface area contributed by atoms with Crippen molar-refractivity contribution in [3.63, 3.8) is 0 Å². The quantitative estimate of drug-likeness (QED) is 0.702. The molecule has 0 spiro atoms. The minimum absolute atomic E-state index is 0.477. The van der Waals surface area contributed by atoms with Gasteiger partial charge in [0.05, 0.1) is 6.61 Å². The number of fused-ring (bicyclic) bond motifs is 1. The Hall–Kier alpha value is -0.900. The molecule has 0 radical (unpaired) electrons. The van der Waals surface area contributed by atoms with Gasteiger partial charge in [-0.3, -0.25) is 0 Å². The number of hydrogen-bond acceptors (Lipinski definition) is 3. The summed E-state index contributed by atoms with van der Waals surface area (Å²) in [6.45, 7) is 5.85. The van der Waals surface area contributed by atoms with E-state index in [4.69, 9.17) is 4.74 Å². The number of benzene rings is 1. The lowest BCUT2D eigenvalue weighted by molar-refractivity contribution is 0.198. The van der Waals surface area contributed by atoms with Gasteiger partial charge in [-0.2, -0.15) is 0 Å². The predicted octanol–water partition coefficient (Wildman–Crippen LogP) is 1.89. The molecule has 3 heteroatoms. The zero-order valence-corrected chi connectivity index (χ0v) is 12.2. The number of nitrogens with one attached hydrogen (secondary N) is 2. The van der Waals surface area contributed by atoms with Crippen molar-refractivity contribution >= 4 is 0 Å². The largest absolute Gasteiger partial charge is 0.383 e. The molecule has 1 aromatic rings. The van der Waals surface area contributed by atoms with Gasteiger partial charge in [0, 0.05) is 32.8 Å². The van der Waals surface area contributed by atoms with Crippen molar-refractivity contribution in [2.75, 3.05) is 26.8 Å². The fraction of sp³-hybridized carbons (Fsp3) is 0.625. The first kappa shape index (κ1) is 14.5. The summed E-state index contributed by atoms with van der Waals surface area (Å²) < 4.78 is 5.01. The zero-order chi connectivity index (χ0) is 13.5. The third-order valence-corrected chi connectivity index (χ3v) is 3.75. The smallest absolute Gasteiger partial charge is 0.0587 e. The van der Waals surface area contributed by atoms with Crippen molar-refractivity contribution in [3.05, 3.63) is 34.9 Å². The lowest BCUT2D eigenvalue weighted by atomic mass is 10.1. The van der Waals surface area contributed by atoms with Crippen LogP contribution in [0.2, 0.25) is 0 Å². The topological polar surface area (TPSA) is 33.3 Å². The molecule has 0 saturated heterocycles. The van der Waals surface area contributed by atoms with Crippen LogP contribution in [-0.2, 0) is 24.1 Å². The maximum Gasteiger partial charge on any atom is 0.0587 e. The van der Waals surface area contributed by atoms with Gasteiger partial charge in [-0.25, -0.2) is 0 Å². The summed E-state index contributed by atoms with van der Waals surface area (Å²) in [7, 11) is 1.73. The second-order valence-corrected chi connectivity index (χ2v) is 5.44. The summed E-state index contributed by atoms with van der Waals surface area (Å²) >= 11 is 0. The molecule has 3 nitrogen and oxygen atoms in total. The second-order valence-electron chi connectivity index (χ2n) is 5.44. The third kappa shape index (κ3) is 4.60. The van der Waals surface area contributed by atoms with E-state index < -0.39 is 0 Å². The average Bonchev–Trinajstić information content (AvgIpc) is 2.89. The molecule has 1 aliphatic carbocycles. The molecular weight excluding hydrogens is 236 g/mol. The van der Waals surface area contributed by atoms with E-state index in [1.54, 1.807) is 18.2 Å². The third-order valence-electron chi connectivity index (χ3n) is 3.75. The molecule has 0 amide bonds.